The molecule has 0 aromatic carbocycles. The summed E-state index contributed by atoms with van der Waals surface area (Å²) in [5.41, 5.74) is 0. The Bertz CT molecular complexity index is 359. The first-order valence-corrected chi connectivity index (χ1v) is 4.97. The van der Waals surface area contributed by atoms with Crippen molar-refractivity contribution in [3.8, 4) is 0 Å². The lowest BCUT2D eigenvalue weighted by Gasteiger charge is -2.30. The van der Waals surface area contributed by atoms with Crippen LogP contribution in [0.1, 0.15) is 0 Å². The van der Waals surface area contributed by atoms with Gasteiger partial charge in [-0.1, -0.05) is 24.3 Å². The predicted octanol–water partition coefficient (Wildman–Crippen LogP) is 4.74. The van der Waals surface area contributed by atoms with Gasteiger partial charge in [0.1, 0.15) is 0 Å². The van der Waals surface area contributed by atoms with Gasteiger partial charge in [0.2, 0.25) is 0 Å². The summed E-state index contributed by atoms with van der Waals surface area (Å²) < 4.78 is 123. The fourth-order valence-corrected chi connectivity index (χ4v) is 1.47. The molecule has 0 saturated carbocycles. The molecule has 0 aliphatic heterocycles. The fourth-order valence-electron chi connectivity index (χ4n) is 1.47. The monoisotopic (exact) mass is 316 g/mol. The summed E-state index contributed by atoms with van der Waals surface area (Å²) in [5.74, 6) is -15.7. The van der Waals surface area contributed by atoms with Crippen LogP contribution in [-0.2, 0) is 0 Å². The molecule has 0 amide bonds. The predicted molar refractivity (Wildman–Crippen MR) is 47.3 cm³/mol. The molecule has 0 nitrogen and oxygen atoms in total. The molecule has 1 aliphatic carbocycles. The third kappa shape index (κ3) is 2.78. The van der Waals surface area contributed by atoms with Gasteiger partial charge in [-0.15, -0.1) is 0 Å². The fraction of sp³-hybridized carbons (Fsp3) is 0.600. The summed E-state index contributed by atoms with van der Waals surface area (Å²) >= 11 is 0. The average Bonchev–Trinajstić information content (AvgIpc) is 2.26. The molecule has 0 radical (unpaired) electrons. The van der Waals surface area contributed by atoms with Crippen LogP contribution in [0.3, 0.4) is 0 Å². The average molecular weight is 316 g/mol. The maximum Gasteiger partial charge on any atom is 0.454 e. The van der Waals surface area contributed by atoms with Crippen molar-refractivity contribution >= 4 is 0 Å². The Balaban J connectivity index is 2.96. The van der Waals surface area contributed by atoms with Gasteiger partial charge in [-0.25, -0.2) is 0 Å². The van der Waals surface area contributed by atoms with Crippen LogP contribution < -0.4 is 0 Å². The second-order valence-corrected chi connectivity index (χ2v) is 4.06. The van der Waals surface area contributed by atoms with Gasteiger partial charge < -0.3 is 0 Å². The van der Waals surface area contributed by atoms with E-state index >= 15 is 0 Å². The molecule has 0 spiro atoms. The Hall–Kier alpha value is -1.22. The maximum absolute atomic E-state index is 12.8. The Kier molecular flexibility index (Phi) is 3.92. The summed E-state index contributed by atoms with van der Waals surface area (Å²) in [6.07, 6.45) is -11.9. The summed E-state index contributed by atoms with van der Waals surface area (Å²) in [7, 11) is 0. The molecule has 0 heterocycles. The number of halogens is 10. The van der Waals surface area contributed by atoms with Crippen LogP contribution in [0.2, 0.25) is 0 Å². The first-order chi connectivity index (χ1) is 8.71. The molecular weight excluding hydrogens is 310 g/mol. The van der Waals surface area contributed by atoms with Gasteiger partial charge in [0, 0.05) is 0 Å². The highest BCUT2D eigenvalue weighted by Gasteiger charge is 2.63. The zero-order chi connectivity index (χ0) is 16.0. The van der Waals surface area contributed by atoms with Gasteiger partial charge in [-0.3, -0.25) is 0 Å². The van der Waals surface area contributed by atoms with Gasteiger partial charge >= 0.3 is 24.2 Å². The Morgan fingerprint density at radius 3 is 0.800 bits per heavy atom. The van der Waals surface area contributed by atoms with Crippen molar-refractivity contribution in [1.82, 2.24) is 0 Å². The Labute approximate surface area is 105 Å². The standard InChI is InChI=1S/C10H6F10/c11-7(12,9(15,16)17)5-1-2-6(4-3-5)8(13,14)10(18,19)20/h1-6H. The number of hydrogen-bond donors (Lipinski definition) is 0. The van der Waals surface area contributed by atoms with Crippen molar-refractivity contribution in [1.29, 1.82) is 0 Å². The van der Waals surface area contributed by atoms with Crippen LogP contribution in [0, 0.1) is 11.8 Å². The quantitative estimate of drug-likeness (QED) is 0.510. The number of rotatable bonds is 2. The molecule has 0 atom stereocenters. The highest BCUT2D eigenvalue weighted by molar-refractivity contribution is 5.21. The molecule has 20 heavy (non-hydrogen) atoms. The van der Waals surface area contributed by atoms with Crippen molar-refractivity contribution in [3.05, 3.63) is 24.3 Å². The van der Waals surface area contributed by atoms with E-state index in [4.69, 9.17) is 0 Å². The third-order valence-electron chi connectivity index (χ3n) is 2.64. The van der Waals surface area contributed by atoms with Crippen molar-refractivity contribution in [2.75, 3.05) is 0 Å². The van der Waals surface area contributed by atoms with Gasteiger partial charge in [0.05, 0.1) is 11.8 Å². The van der Waals surface area contributed by atoms with Crippen molar-refractivity contribution in [3.63, 3.8) is 0 Å². The molecular formula is C10H6F10. The molecule has 0 unspecified atom stereocenters. The minimum absolute atomic E-state index is 0.00218. The van der Waals surface area contributed by atoms with Crippen molar-refractivity contribution in [2.24, 2.45) is 11.8 Å². The van der Waals surface area contributed by atoms with Gasteiger partial charge in [0.25, 0.3) is 0 Å². The third-order valence-corrected chi connectivity index (χ3v) is 2.64. The molecule has 1 rings (SSSR count). The van der Waals surface area contributed by atoms with E-state index in [9.17, 15) is 43.9 Å². The lowest BCUT2D eigenvalue weighted by molar-refractivity contribution is -0.295. The maximum atomic E-state index is 12.8. The minimum atomic E-state index is -5.94. The normalized spacial score (nSPS) is 25.1. The van der Waals surface area contributed by atoms with Crippen LogP contribution in [0.4, 0.5) is 43.9 Å². The summed E-state index contributed by atoms with van der Waals surface area (Å²) in [6, 6.07) is 0. The molecule has 1 aliphatic rings. The topological polar surface area (TPSA) is 0 Å². The van der Waals surface area contributed by atoms with Crippen LogP contribution in [0.5, 0.6) is 0 Å². The molecule has 0 fully saturated rings. The van der Waals surface area contributed by atoms with E-state index in [1.165, 1.54) is 0 Å². The highest BCUT2D eigenvalue weighted by atomic mass is 19.4. The minimum Gasteiger partial charge on any atom is -0.195 e. The second kappa shape index (κ2) is 4.66. The number of alkyl halides is 10. The van der Waals surface area contributed by atoms with E-state index in [1.807, 2.05) is 0 Å². The number of hydrogen-bond acceptors (Lipinski definition) is 0. The second-order valence-electron chi connectivity index (χ2n) is 4.06. The first-order valence-electron chi connectivity index (χ1n) is 4.97. The summed E-state index contributed by atoms with van der Waals surface area (Å²) in [5, 5.41) is 0. The van der Waals surface area contributed by atoms with E-state index in [-0.39, 0.29) is 24.3 Å². The van der Waals surface area contributed by atoms with E-state index in [0.29, 0.717) is 0 Å². The molecule has 116 valence electrons. The van der Waals surface area contributed by atoms with Gasteiger partial charge in [-0.2, -0.15) is 43.9 Å². The summed E-state index contributed by atoms with van der Waals surface area (Å²) in [4.78, 5) is 0. The molecule has 0 aromatic rings. The zero-order valence-corrected chi connectivity index (χ0v) is 9.24. The van der Waals surface area contributed by atoms with Crippen LogP contribution in [0.25, 0.3) is 0 Å². The lowest BCUT2D eigenvalue weighted by atomic mass is 9.88. The molecule has 10 heteroatoms. The molecule has 0 N–H and O–H groups in total. The SMILES string of the molecule is FC(F)(F)C(F)(F)C1C=CC(C(F)(F)C(F)(F)F)C=C1. The zero-order valence-electron chi connectivity index (χ0n) is 9.24. The van der Waals surface area contributed by atoms with Gasteiger partial charge in [0.15, 0.2) is 0 Å². The molecule has 0 aromatic heterocycles. The van der Waals surface area contributed by atoms with Crippen molar-refractivity contribution < 1.29 is 43.9 Å². The van der Waals surface area contributed by atoms with Crippen LogP contribution in [0.15, 0.2) is 24.3 Å². The van der Waals surface area contributed by atoms with Gasteiger partial charge in [-0.05, 0) is 0 Å². The highest BCUT2D eigenvalue weighted by Crippen LogP contribution is 2.47. The first kappa shape index (κ1) is 16.8. The Morgan fingerprint density at radius 2 is 0.650 bits per heavy atom. The Morgan fingerprint density at radius 1 is 0.450 bits per heavy atom. The molecule has 0 saturated heterocycles. The van der Waals surface area contributed by atoms with Crippen LogP contribution in [-0.4, -0.2) is 24.2 Å². The van der Waals surface area contributed by atoms with E-state index in [2.05, 4.69) is 0 Å². The van der Waals surface area contributed by atoms with Crippen molar-refractivity contribution in [2.45, 2.75) is 24.2 Å². The largest absolute Gasteiger partial charge is 0.454 e. The molecule has 0 bridgehead atoms. The lowest BCUT2D eigenvalue weighted by Crippen LogP contribution is -2.45. The van der Waals surface area contributed by atoms with E-state index in [1.54, 1.807) is 0 Å². The van der Waals surface area contributed by atoms with E-state index in [0.717, 1.165) is 0 Å². The summed E-state index contributed by atoms with van der Waals surface area (Å²) in [6.45, 7) is 0. The van der Waals surface area contributed by atoms with Crippen LogP contribution >= 0.6 is 0 Å². The number of allylic oxidation sites excluding steroid dienone is 4. The smallest absolute Gasteiger partial charge is 0.195 e. The van der Waals surface area contributed by atoms with E-state index < -0.39 is 36.0 Å².